The second-order valence-corrected chi connectivity index (χ2v) is 4.28. The van der Waals surface area contributed by atoms with Gasteiger partial charge in [-0.1, -0.05) is 36.4 Å². The lowest BCUT2D eigenvalue weighted by Crippen LogP contribution is -2.11. The van der Waals surface area contributed by atoms with Crippen molar-refractivity contribution in [3.63, 3.8) is 0 Å². The van der Waals surface area contributed by atoms with Crippen LogP contribution < -0.4 is 0 Å². The van der Waals surface area contributed by atoms with Gasteiger partial charge in [0.05, 0.1) is 14.2 Å². The number of esters is 1. The number of hydrogen-bond acceptors (Lipinski definition) is 3. The van der Waals surface area contributed by atoms with Gasteiger partial charge in [-0.3, -0.25) is 0 Å². The fourth-order valence-electron chi connectivity index (χ4n) is 1.91. The minimum Gasteiger partial charge on any atom is -0.502 e. The normalized spacial score (nSPS) is 11.6. The summed E-state index contributed by atoms with van der Waals surface area (Å²) in [6.07, 6.45) is 7.06. The maximum atomic E-state index is 11.8. The molecule has 0 saturated carbocycles. The third-order valence-corrected chi connectivity index (χ3v) is 2.91. The standard InChI is InChI=1S/C17H17NO3/c1-20-13-16(17(19)21-2)18-12-6-9-15(18)11-10-14-7-4-3-5-8-14/h3-13H,1-2H3/b11-10+,16-13?. The van der Waals surface area contributed by atoms with Crippen molar-refractivity contribution >= 4 is 23.8 Å². The van der Waals surface area contributed by atoms with Gasteiger partial charge in [-0.15, -0.1) is 0 Å². The highest BCUT2D eigenvalue weighted by atomic mass is 16.5. The molecule has 21 heavy (non-hydrogen) atoms. The molecule has 2 aromatic rings. The van der Waals surface area contributed by atoms with Gasteiger partial charge < -0.3 is 14.0 Å². The van der Waals surface area contributed by atoms with Crippen LogP contribution in [0.25, 0.3) is 17.8 Å². The van der Waals surface area contributed by atoms with Gasteiger partial charge in [0.25, 0.3) is 0 Å². The summed E-state index contributed by atoms with van der Waals surface area (Å²) in [6.45, 7) is 0. The number of methoxy groups -OCH3 is 2. The van der Waals surface area contributed by atoms with Crippen LogP contribution in [0.3, 0.4) is 0 Å². The Kier molecular flexibility index (Phi) is 4.99. The van der Waals surface area contributed by atoms with Gasteiger partial charge in [0, 0.05) is 11.9 Å². The average molecular weight is 283 g/mol. The SMILES string of the molecule is COC=C(C(=O)OC)n1cccc1/C=C/c1ccccc1. The summed E-state index contributed by atoms with van der Waals surface area (Å²) in [5.41, 5.74) is 2.26. The molecule has 2 rings (SSSR count). The van der Waals surface area contributed by atoms with Crippen LogP contribution in [0.4, 0.5) is 0 Å². The smallest absolute Gasteiger partial charge is 0.358 e. The Balaban J connectivity index is 2.32. The van der Waals surface area contributed by atoms with Gasteiger partial charge >= 0.3 is 5.97 Å². The van der Waals surface area contributed by atoms with E-state index in [1.54, 1.807) is 10.8 Å². The molecule has 0 unspecified atom stereocenters. The zero-order valence-electron chi connectivity index (χ0n) is 12.0. The Hall–Kier alpha value is -2.75. The first-order valence-corrected chi connectivity index (χ1v) is 6.48. The highest BCUT2D eigenvalue weighted by molar-refractivity contribution is 6.10. The van der Waals surface area contributed by atoms with E-state index in [4.69, 9.17) is 9.47 Å². The number of ether oxygens (including phenoxy) is 2. The third kappa shape index (κ3) is 3.63. The van der Waals surface area contributed by atoms with E-state index < -0.39 is 5.97 Å². The van der Waals surface area contributed by atoms with Crippen molar-refractivity contribution in [3.8, 4) is 0 Å². The zero-order valence-corrected chi connectivity index (χ0v) is 12.0. The van der Waals surface area contributed by atoms with E-state index in [-0.39, 0.29) is 0 Å². The van der Waals surface area contributed by atoms with Crippen molar-refractivity contribution in [1.29, 1.82) is 0 Å². The summed E-state index contributed by atoms with van der Waals surface area (Å²) < 4.78 is 11.5. The van der Waals surface area contributed by atoms with E-state index in [0.717, 1.165) is 11.3 Å². The van der Waals surface area contributed by atoms with Crippen LogP contribution in [-0.2, 0) is 14.3 Å². The summed E-state index contributed by atoms with van der Waals surface area (Å²) in [4.78, 5) is 11.8. The van der Waals surface area contributed by atoms with Gasteiger partial charge in [-0.05, 0) is 23.8 Å². The molecule has 0 aliphatic rings. The van der Waals surface area contributed by atoms with E-state index in [1.165, 1.54) is 20.5 Å². The predicted molar refractivity (Wildman–Crippen MR) is 83.1 cm³/mol. The molecular weight excluding hydrogens is 266 g/mol. The van der Waals surface area contributed by atoms with Gasteiger partial charge in [-0.25, -0.2) is 4.79 Å². The highest BCUT2D eigenvalue weighted by Gasteiger charge is 2.14. The van der Waals surface area contributed by atoms with E-state index >= 15 is 0 Å². The molecule has 1 aromatic carbocycles. The first-order chi connectivity index (χ1) is 10.3. The minimum atomic E-state index is -0.456. The van der Waals surface area contributed by atoms with Gasteiger partial charge in [-0.2, -0.15) is 0 Å². The van der Waals surface area contributed by atoms with Crippen molar-refractivity contribution < 1.29 is 14.3 Å². The summed E-state index contributed by atoms with van der Waals surface area (Å²) in [6, 6.07) is 13.7. The highest BCUT2D eigenvalue weighted by Crippen LogP contribution is 2.15. The Morgan fingerprint density at radius 2 is 1.81 bits per heavy atom. The number of nitrogens with zero attached hydrogens (tertiary/aromatic N) is 1. The fraction of sp³-hybridized carbons (Fsp3) is 0.118. The number of carbonyl (C=O) groups excluding carboxylic acids is 1. The van der Waals surface area contributed by atoms with Crippen LogP contribution in [0.1, 0.15) is 11.3 Å². The average Bonchev–Trinajstić information content (AvgIpc) is 2.99. The predicted octanol–water partition coefficient (Wildman–Crippen LogP) is 3.28. The van der Waals surface area contributed by atoms with E-state index in [9.17, 15) is 4.79 Å². The van der Waals surface area contributed by atoms with Crippen LogP contribution in [0.2, 0.25) is 0 Å². The van der Waals surface area contributed by atoms with Gasteiger partial charge in [0.1, 0.15) is 6.26 Å². The minimum absolute atomic E-state index is 0.317. The molecule has 0 aliphatic carbocycles. The van der Waals surface area contributed by atoms with E-state index in [1.807, 2.05) is 54.6 Å². The molecule has 0 aliphatic heterocycles. The second kappa shape index (κ2) is 7.14. The molecule has 4 heteroatoms. The van der Waals surface area contributed by atoms with Crippen molar-refractivity contribution in [2.45, 2.75) is 0 Å². The molecule has 0 saturated heterocycles. The summed E-state index contributed by atoms with van der Waals surface area (Å²) >= 11 is 0. The number of aromatic nitrogens is 1. The van der Waals surface area contributed by atoms with Crippen molar-refractivity contribution in [3.05, 3.63) is 66.2 Å². The van der Waals surface area contributed by atoms with Crippen LogP contribution in [0.15, 0.2) is 54.9 Å². The lowest BCUT2D eigenvalue weighted by Gasteiger charge is -2.09. The van der Waals surface area contributed by atoms with E-state index in [2.05, 4.69) is 0 Å². The van der Waals surface area contributed by atoms with Crippen molar-refractivity contribution in [1.82, 2.24) is 4.57 Å². The molecular formula is C17H17NO3. The molecule has 0 N–H and O–H groups in total. The van der Waals surface area contributed by atoms with Crippen LogP contribution in [0.5, 0.6) is 0 Å². The summed E-state index contributed by atoms with van der Waals surface area (Å²) in [7, 11) is 2.83. The summed E-state index contributed by atoms with van der Waals surface area (Å²) in [5.74, 6) is -0.456. The number of rotatable bonds is 5. The molecule has 0 bridgehead atoms. The summed E-state index contributed by atoms with van der Waals surface area (Å²) in [5, 5.41) is 0. The number of benzene rings is 1. The maximum absolute atomic E-state index is 11.8. The van der Waals surface area contributed by atoms with E-state index in [0.29, 0.717) is 5.70 Å². The number of carbonyl (C=O) groups is 1. The molecule has 0 atom stereocenters. The Labute approximate surface area is 123 Å². The van der Waals surface area contributed by atoms with Crippen LogP contribution in [0, 0.1) is 0 Å². The zero-order chi connectivity index (χ0) is 15.1. The maximum Gasteiger partial charge on any atom is 0.358 e. The molecule has 0 fully saturated rings. The first kappa shape index (κ1) is 14.7. The number of hydrogen-bond donors (Lipinski definition) is 0. The largest absolute Gasteiger partial charge is 0.502 e. The van der Waals surface area contributed by atoms with Gasteiger partial charge in [0.15, 0.2) is 5.70 Å². The molecule has 0 radical (unpaired) electrons. The Morgan fingerprint density at radius 1 is 1.05 bits per heavy atom. The van der Waals surface area contributed by atoms with Gasteiger partial charge in [0.2, 0.25) is 0 Å². The lowest BCUT2D eigenvalue weighted by atomic mass is 10.2. The Morgan fingerprint density at radius 3 is 2.48 bits per heavy atom. The second-order valence-electron chi connectivity index (χ2n) is 4.28. The molecule has 0 amide bonds. The monoisotopic (exact) mass is 283 g/mol. The van der Waals surface area contributed by atoms with Crippen molar-refractivity contribution in [2.75, 3.05) is 14.2 Å². The lowest BCUT2D eigenvalue weighted by molar-refractivity contribution is -0.134. The fourth-order valence-corrected chi connectivity index (χ4v) is 1.91. The molecule has 0 spiro atoms. The first-order valence-electron chi connectivity index (χ1n) is 6.48. The van der Waals surface area contributed by atoms with Crippen LogP contribution >= 0.6 is 0 Å². The topological polar surface area (TPSA) is 40.5 Å². The van der Waals surface area contributed by atoms with Crippen LogP contribution in [-0.4, -0.2) is 24.8 Å². The molecule has 1 aromatic heterocycles. The Bertz CT molecular complexity index is 654. The quantitative estimate of drug-likeness (QED) is 0.480. The molecule has 108 valence electrons. The molecule has 4 nitrogen and oxygen atoms in total. The molecule has 1 heterocycles. The van der Waals surface area contributed by atoms with Crippen molar-refractivity contribution in [2.24, 2.45) is 0 Å². The third-order valence-electron chi connectivity index (χ3n) is 2.91.